The van der Waals surface area contributed by atoms with Gasteiger partial charge in [0.25, 0.3) is 0 Å². The molecule has 0 radical (unpaired) electrons. The van der Waals surface area contributed by atoms with Crippen LogP contribution < -0.4 is 14.5 Å². The van der Waals surface area contributed by atoms with Gasteiger partial charge in [-0.15, -0.1) is 0 Å². The van der Waals surface area contributed by atoms with Gasteiger partial charge in [0.1, 0.15) is 18.1 Å². The average Bonchev–Trinajstić information content (AvgIpc) is 2.66. The normalized spacial score (nSPS) is 10.3. The molecule has 1 amide bonds. The van der Waals surface area contributed by atoms with Crippen LogP contribution in [0.2, 0.25) is 0 Å². The molecule has 0 aliphatic rings. The standard InChI is InChI=1S/C20H25NO5/c1-5-15-7-10-19(14(3)11-15)26-13-16-12-17(25-6-2)8-9-18(16)21(23)20(22)24-4/h7-12,23H,5-6,13H2,1-4H3. The molecule has 1 N–H and O–H groups in total. The highest BCUT2D eigenvalue weighted by Crippen LogP contribution is 2.28. The van der Waals surface area contributed by atoms with Gasteiger partial charge >= 0.3 is 6.09 Å². The molecule has 0 saturated carbocycles. The summed E-state index contributed by atoms with van der Waals surface area (Å²) in [4.78, 5) is 11.7. The van der Waals surface area contributed by atoms with Crippen LogP contribution in [0.5, 0.6) is 11.5 Å². The van der Waals surface area contributed by atoms with Crippen molar-refractivity contribution in [2.24, 2.45) is 0 Å². The Morgan fingerprint density at radius 2 is 1.88 bits per heavy atom. The van der Waals surface area contributed by atoms with Gasteiger partial charge in [0.05, 0.1) is 19.4 Å². The van der Waals surface area contributed by atoms with Gasteiger partial charge in [0.2, 0.25) is 0 Å². The molecule has 140 valence electrons. The summed E-state index contributed by atoms with van der Waals surface area (Å²) < 4.78 is 16.0. The quantitative estimate of drug-likeness (QED) is 0.582. The molecule has 0 unspecified atom stereocenters. The number of methoxy groups -OCH3 is 1. The van der Waals surface area contributed by atoms with Crippen LogP contribution in [-0.2, 0) is 17.8 Å². The number of carbonyl (C=O) groups excluding carboxylic acids is 1. The van der Waals surface area contributed by atoms with Crippen molar-refractivity contribution in [3.63, 3.8) is 0 Å². The minimum absolute atomic E-state index is 0.163. The highest BCUT2D eigenvalue weighted by Gasteiger charge is 2.18. The van der Waals surface area contributed by atoms with Crippen LogP contribution in [0.25, 0.3) is 0 Å². The van der Waals surface area contributed by atoms with Crippen molar-refractivity contribution in [1.82, 2.24) is 0 Å². The Bertz CT molecular complexity index is 760. The van der Waals surface area contributed by atoms with Crippen LogP contribution in [0.15, 0.2) is 36.4 Å². The highest BCUT2D eigenvalue weighted by atomic mass is 16.6. The summed E-state index contributed by atoms with van der Waals surface area (Å²) in [5.74, 6) is 1.38. The number of benzene rings is 2. The first kappa shape index (κ1) is 19.6. The Labute approximate surface area is 153 Å². The summed E-state index contributed by atoms with van der Waals surface area (Å²) in [5, 5.41) is 10.5. The summed E-state index contributed by atoms with van der Waals surface area (Å²) in [7, 11) is 1.20. The van der Waals surface area contributed by atoms with E-state index < -0.39 is 6.09 Å². The zero-order valence-electron chi connectivity index (χ0n) is 15.6. The second-order valence-corrected chi connectivity index (χ2v) is 5.75. The van der Waals surface area contributed by atoms with Crippen LogP contribution in [0.1, 0.15) is 30.5 Å². The Morgan fingerprint density at radius 1 is 1.12 bits per heavy atom. The first-order valence-corrected chi connectivity index (χ1v) is 8.55. The van der Waals surface area contributed by atoms with E-state index in [1.165, 1.54) is 12.7 Å². The second-order valence-electron chi connectivity index (χ2n) is 5.75. The molecule has 0 aromatic heterocycles. The third kappa shape index (κ3) is 4.67. The number of carbonyl (C=O) groups is 1. The Kier molecular flexibility index (Phi) is 6.86. The van der Waals surface area contributed by atoms with Gasteiger partial charge in [-0.1, -0.05) is 19.1 Å². The smallest absolute Gasteiger partial charge is 0.438 e. The van der Waals surface area contributed by atoms with Crippen molar-refractivity contribution >= 4 is 11.8 Å². The van der Waals surface area contributed by atoms with Gasteiger partial charge in [-0.05, 0) is 55.7 Å². The number of hydrogen-bond donors (Lipinski definition) is 1. The molecule has 2 rings (SSSR count). The van der Waals surface area contributed by atoms with Crippen molar-refractivity contribution in [2.75, 3.05) is 18.8 Å². The lowest BCUT2D eigenvalue weighted by Gasteiger charge is -2.19. The summed E-state index contributed by atoms with van der Waals surface area (Å²) >= 11 is 0. The van der Waals surface area contributed by atoms with E-state index in [0.29, 0.717) is 23.0 Å². The number of aryl methyl sites for hydroxylation is 2. The van der Waals surface area contributed by atoms with E-state index in [2.05, 4.69) is 17.7 Å². The lowest BCUT2D eigenvalue weighted by atomic mass is 10.1. The highest BCUT2D eigenvalue weighted by molar-refractivity contribution is 5.86. The zero-order valence-corrected chi connectivity index (χ0v) is 15.6. The van der Waals surface area contributed by atoms with Gasteiger partial charge in [0, 0.05) is 5.56 Å². The SMILES string of the molecule is CCOc1ccc(N(O)C(=O)OC)c(COc2ccc(CC)cc2C)c1. The maximum Gasteiger partial charge on any atom is 0.438 e. The molecule has 6 nitrogen and oxygen atoms in total. The van der Waals surface area contributed by atoms with Crippen molar-refractivity contribution in [3.8, 4) is 11.5 Å². The molecule has 2 aromatic carbocycles. The van der Waals surface area contributed by atoms with Gasteiger partial charge in [-0.25, -0.2) is 4.79 Å². The number of ether oxygens (including phenoxy) is 3. The van der Waals surface area contributed by atoms with E-state index in [4.69, 9.17) is 9.47 Å². The fraction of sp³-hybridized carbons (Fsp3) is 0.350. The Hall–Kier alpha value is -2.73. The number of amides is 1. The van der Waals surface area contributed by atoms with Crippen LogP contribution in [-0.4, -0.2) is 25.0 Å². The van der Waals surface area contributed by atoms with Crippen LogP contribution in [0.3, 0.4) is 0 Å². The molecule has 0 heterocycles. The van der Waals surface area contributed by atoms with E-state index in [1.54, 1.807) is 18.2 Å². The molecule has 0 spiro atoms. The summed E-state index contributed by atoms with van der Waals surface area (Å²) in [5.41, 5.74) is 3.15. The lowest BCUT2D eigenvalue weighted by Crippen LogP contribution is -2.27. The molecule has 0 fully saturated rings. The van der Waals surface area contributed by atoms with E-state index in [0.717, 1.165) is 17.7 Å². The first-order valence-electron chi connectivity index (χ1n) is 8.55. The Morgan fingerprint density at radius 3 is 2.50 bits per heavy atom. The van der Waals surface area contributed by atoms with Gasteiger partial charge in [0.15, 0.2) is 0 Å². The molecule has 26 heavy (non-hydrogen) atoms. The number of hydrogen-bond acceptors (Lipinski definition) is 5. The number of nitrogens with zero attached hydrogens (tertiary/aromatic N) is 1. The zero-order chi connectivity index (χ0) is 19.1. The third-order valence-corrected chi connectivity index (χ3v) is 3.97. The van der Waals surface area contributed by atoms with Crippen LogP contribution >= 0.6 is 0 Å². The molecule has 2 aromatic rings. The second kappa shape index (κ2) is 9.10. The minimum atomic E-state index is -0.876. The molecular formula is C20H25NO5. The van der Waals surface area contributed by atoms with E-state index >= 15 is 0 Å². The fourth-order valence-electron chi connectivity index (χ4n) is 2.57. The third-order valence-electron chi connectivity index (χ3n) is 3.97. The maximum atomic E-state index is 11.7. The first-order chi connectivity index (χ1) is 12.5. The van der Waals surface area contributed by atoms with Crippen molar-refractivity contribution in [1.29, 1.82) is 0 Å². The van der Waals surface area contributed by atoms with E-state index in [9.17, 15) is 10.0 Å². The van der Waals surface area contributed by atoms with Gasteiger partial charge in [-0.3, -0.25) is 5.21 Å². The summed E-state index contributed by atoms with van der Waals surface area (Å²) in [6.07, 6.45) is 0.0826. The molecule has 0 bridgehead atoms. The summed E-state index contributed by atoms with van der Waals surface area (Å²) in [6, 6.07) is 11.0. The molecule has 0 atom stereocenters. The number of hydroxylamine groups is 1. The molecule has 0 aliphatic carbocycles. The van der Waals surface area contributed by atoms with Crippen molar-refractivity contribution in [2.45, 2.75) is 33.8 Å². The summed E-state index contributed by atoms with van der Waals surface area (Å²) in [6.45, 7) is 6.64. The van der Waals surface area contributed by atoms with Crippen LogP contribution in [0, 0.1) is 6.92 Å². The number of rotatable bonds is 7. The van der Waals surface area contributed by atoms with Gasteiger partial charge < -0.3 is 14.2 Å². The number of anilines is 1. The predicted octanol–water partition coefficient (Wildman–Crippen LogP) is 4.50. The topological polar surface area (TPSA) is 68.2 Å². The monoisotopic (exact) mass is 359 g/mol. The maximum absolute atomic E-state index is 11.7. The average molecular weight is 359 g/mol. The molecule has 6 heteroatoms. The van der Waals surface area contributed by atoms with E-state index in [-0.39, 0.29) is 12.3 Å². The van der Waals surface area contributed by atoms with Crippen molar-refractivity contribution < 1.29 is 24.2 Å². The fourth-order valence-corrected chi connectivity index (χ4v) is 2.57. The van der Waals surface area contributed by atoms with Crippen LogP contribution in [0.4, 0.5) is 10.5 Å². The molecule has 0 aliphatic heterocycles. The Balaban J connectivity index is 2.27. The largest absolute Gasteiger partial charge is 0.494 e. The van der Waals surface area contributed by atoms with Crippen molar-refractivity contribution in [3.05, 3.63) is 53.1 Å². The predicted molar refractivity (Wildman–Crippen MR) is 99.2 cm³/mol. The molecule has 0 saturated heterocycles. The van der Waals surface area contributed by atoms with Gasteiger partial charge in [-0.2, -0.15) is 5.06 Å². The van der Waals surface area contributed by atoms with E-state index in [1.807, 2.05) is 26.0 Å². The molecular weight excluding hydrogens is 334 g/mol. The lowest BCUT2D eigenvalue weighted by molar-refractivity contribution is 0.140. The minimum Gasteiger partial charge on any atom is -0.494 e.